The number of amides is 3. The first-order valence-electron chi connectivity index (χ1n) is 10.1. The predicted molar refractivity (Wildman–Crippen MR) is 111 cm³/mol. The molecular weight excluding hydrogens is 463 g/mol. The summed E-state index contributed by atoms with van der Waals surface area (Å²) in [6, 6.07) is 11.8. The maximum Gasteiger partial charge on any atom is 0.573 e. The van der Waals surface area contributed by atoms with Crippen LogP contribution in [-0.4, -0.2) is 61.6 Å². The molecule has 8 nitrogen and oxygen atoms in total. The molecule has 4 rings (SSSR count). The van der Waals surface area contributed by atoms with E-state index in [1.807, 2.05) is 0 Å². The Balaban J connectivity index is 1.40. The Morgan fingerprint density at radius 1 is 0.909 bits per heavy atom. The van der Waals surface area contributed by atoms with E-state index in [1.54, 1.807) is 30.3 Å². The molecule has 2 aromatic carbocycles. The van der Waals surface area contributed by atoms with Crippen molar-refractivity contribution in [3.05, 3.63) is 54.6 Å². The number of rotatable bonds is 5. The van der Waals surface area contributed by atoms with Crippen LogP contribution < -0.4 is 9.64 Å². The fourth-order valence-corrected chi connectivity index (χ4v) is 5.46. The molecule has 2 aliphatic heterocycles. The molecule has 0 saturated carbocycles. The maximum atomic E-state index is 12.9. The van der Waals surface area contributed by atoms with Crippen LogP contribution >= 0.6 is 0 Å². The molecule has 3 amide bonds. The van der Waals surface area contributed by atoms with Crippen LogP contribution in [0.25, 0.3) is 0 Å². The van der Waals surface area contributed by atoms with Crippen molar-refractivity contribution >= 4 is 27.6 Å². The number of halogens is 3. The average molecular weight is 483 g/mol. The van der Waals surface area contributed by atoms with Gasteiger partial charge in [0.15, 0.2) is 0 Å². The summed E-state index contributed by atoms with van der Waals surface area (Å²) in [5.41, 5.74) is 0.480. The fourth-order valence-electron chi connectivity index (χ4n) is 3.99. The number of anilines is 1. The molecule has 2 fully saturated rings. The standard InChI is InChI=1S/C21H20F3N3O5S/c22-21(23,24)32-17-6-8-18(9-7-17)33(30,31)25-12-10-15(11-13-25)26-14-19(28)27(20(26)29)16-4-2-1-3-5-16/h1-9,15H,10-14H2. The van der Waals surface area contributed by atoms with Crippen molar-refractivity contribution in [1.29, 1.82) is 0 Å². The van der Waals surface area contributed by atoms with Crippen LogP contribution in [0.3, 0.4) is 0 Å². The Hall–Kier alpha value is -3.12. The summed E-state index contributed by atoms with van der Waals surface area (Å²) in [5, 5.41) is 0. The summed E-state index contributed by atoms with van der Waals surface area (Å²) in [6.07, 6.45) is -4.21. The number of nitrogens with zero attached hydrogens (tertiary/aromatic N) is 3. The van der Waals surface area contributed by atoms with Crippen LogP contribution in [-0.2, 0) is 14.8 Å². The molecule has 0 spiro atoms. The van der Waals surface area contributed by atoms with Crippen molar-refractivity contribution in [3.63, 3.8) is 0 Å². The van der Waals surface area contributed by atoms with Gasteiger partial charge in [-0.05, 0) is 49.2 Å². The third-order valence-electron chi connectivity index (χ3n) is 5.57. The third kappa shape index (κ3) is 4.81. The summed E-state index contributed by atoms with van der Waals surface area (Å²) in [7, 11) is -3.93. The number of urea groups is 1. The number of piperidine rings is 1. The first-order valence-corrected chi connectivity index (χ1v) is 11.5. The van der Waals surface area contributed by atoms with Crippen LogP contribution in [0, 0.1) is 0 Å². The van der Waals surface area contributed by atoms with Crippen molar-refractivity contribution in [2.75, 3.05) is 24.5 Å². The highest BCUT2D eigenvalue weighted by atomic mass is 32.2. The van der Waals surface area contributed by atoms with Gasteiger partial charge in [-0.2, -0.15) is 4.31 Å². The van der Waals surface area contributed by atoms with E-state index in [-0.39, 0.29) is 36.5 Å². The van der Waals surface area contributed by atoms with Gasteiger partial charge in [0.05, 0.1) is 10.6 Å². The zero-order chi connectivity index (χ0) is 23.8. The number of carbonyl (C=O) groups excluding carboxylic acids is 2. The van der Waals surface area contributed by atoms with E-state index in [2.05, 4.69) is 4.74 Å². The highest BCUT2D eigenvalue weighted by molar-refractivity contribution is 7.89. The van der Waals surface area contributed by atoms with Gasteiger partial charge in [-0.15, -0.1) is 13.2 Å². The Morgan fingerprint density at radius 2 is 1.52 bits per heavy atom. The van der Waals surface area contributed by atoms with Gasteiger partial charge in [0.25, 0.3) is 5.91 Å². The van der Waals surface area contributed by atoms with Crippen LogP contribution in [0.4, 0.5) is 23.7 Å². The van der Waals surface area contributed by atoms with E-state index in [1.165, 1.54) is 9.21 Å². The topological polar surface area (TPSA) is 87.2 Å². The Kier molecular flexibility index (Phi) is 6.06. The molecule has 33 heavy (non-hydrogen) atoms. The second-order valence-corrected chi connectivity index (χ2v) is 9.57. The lowest BCUT2D eigenvalue weighted by atomic mass is 10.1. The number of para-hydroxylation sites is 1. The number of ether oxygens (including phenoxy) is 1. The maximum absolute atomic E-state index is 12.9. The average Bonchev–Trinajstić information content (AvgIpc) is 3.07. The highest BCUT2D eigenvalue weighted by Crippen LogP contribution is 2.29. The number of carbonyl (C=O) groups is 2. The van der Waals surface area contributed by atoms with E-state index in [9.17, 15) is 31.2 Å². The van der Waals surface area contributed by atoms with Gasteiger partial charge in [0.1, 0.15) is 12.3 Å². The van der Waals surface area contributed by atoms with Crippen LogP contribution in [0.2, 0.25) is 0 Å². The van der Waals surface area contributed by atoms with E-state index in [0.29, 0.717) is 18.5 Å². The van der Waals surface area contributed by atoms with Gasteiger partial charge >= 0.3 is 12.4 Å². The second kappa shape index (κ2) is 8.67. The van der Waals surface area contributed by atoms with E-state index < -0.39 is 28.2 Å². The van der Waals surface area contributed by atoms with E-state index in [4.69, 9.17) is 0 Å². The normalized spacial score (nSPS) is 18.8. The molecule has 2 saturated heterocycles. The number of hydrogen-bond acceptors (Lipinski definition) is 5. The first kappa shape index (κ1) is 23.1. The fraction of sp³-hybridized carbons (Fsp3) is 0.333. The van der Waals surface area contributed by atoms with Crippen molar-refractivity contribution < 1.29 is 35.9 Å². The largest absolute Gasteiger partial charge is 0.573 e. The minimum absolute atomic E-state index is 0.0776. The zero-order valence-corrected chi connectivity index (χ0v) is 18.1. The molecule has 176 valence electrons. The molecule has 2 aliphatic rings. The van der Waals surface area contributed by atoms with Gasteiger partial charge in [-0.3, -0.25) is 4.79 Å². The molecule has 0 N–H and O–H groups in total. The van der Waals surface area contributed by atoms with Gasteiger partial charge in [-0.1, -0.05) is 18.2 Å². The monoisotopic (exact) mass is 483 g/mol. The summed E-state index contributed by atoms with van der Waals surface area (Å²) in [5.74, 6) is -0.859. The van der Waals surface area contributed by atoms with Crippen LogP contribution in [0.5, 0.6) is 5.75 Å². The number of sulfonamides is 1. The quantitative estimate of drug-likeness (QED) is 0.610. The summed E-state index contributed by atoms with van der Waals surface area (Å²) in [4.78, 5) is 27.7. The lowest BCUT2D eigenvalue weighted by Crippen LogP contribution is -2.48. The highest BCUT2D eigenvalue weighted by Gasteiger charge is 2.42. The molecule has 0 atom stereocenters. The summed E-state index contributed by atoms with van der Waals surface area (Å²) < 4.78 is 67.7. The van der Waals surface area contributed by atoms with Crippen LogP contribution in [0.1, 0.15) is 12.8 Å². The number of imide groups is 1. The molecule has 0 unspecified atom stereocenters. The predicted octanol–water partition coefficient (Wildman–Crippen LogP) is 3.21. The summed E-state index contributed by atoms with van der Waals surface area (Å²) >= 11 is 0. The lowest BCUT2D eigenvalue weighted by Gasteiger charge is -2.35. The Bertz CT molecular complexity index is 1130. The first-order chi connectivity index (χ1) is 15.6. The van der Waals surface area contributed by atoms with Crippen molar-refractivity contribution in [3.8, 4) is 5.75 Å². The Morgan fingerprint density at radius 3 is 2.09 bits per heavy atom. The third-order valence-corrected chi connectivity index (χ3v) is 7.48. The smallest absolute Gasteiger partial charge is 0.406 e. The minimum Gasteiger partial charge on any atom is -0.406 e. The van der Waals surface area contributed by atoms with Gasteiger partial charge in [0.2, 0.25) is 10.0 Å². The molecular formula is C21H20F3N3O5S. The van der Waals surface area contributed by atoms with Crippen LogP contribution in [0.15, 0.2) is 59.5 Å². The molecule has 12 heteroatoms. The van der Waals surface area contributed by atoms with Crippen molar-refractivity contribution in [2.24, 2.45) is 0 Å². The lowest BCUT2D eigenvalue weighted by molar-refractivity contribution is -0.274. The van der Waals surface area contributed by atoms with Gasteiger partial charge in [0, 0.05) is 19.1 Å². The zero-order valence-electron chi connectivity index (χ0n) is 17.2. The van der Waals surface area contributed by atoms with Gasteiger partial charge in [-0.25, -0.2) is 18.1 Å². The minimum atomic E-state index is -4.87. The van der Waals surface area contributed by atoms with Crippen molar-refractivity contribution in [1.82, 2.24) is 9.21 Å². The molecule has 2 aromatic rings. The number of hydrogen-bond donors (Lipinski definition) is 0. The number of benzene rings is 2. The SMILES string of the molecule is O=C1CN(C2CCN(S(=O)(=O)c3ccc(OC(F)(F)F)cc3)CC2)C(=O)N1c1ccccc1. The molecule has 0 bridgehead atoms. The summed E-state index contributed by atoms with van der Waals surface area (Å²) in [6.45, 7) is 0.139. The van der Waals surface area contributed by atoms with Crippen molar-refractivity contribution in [2.45, 2.75) is 30.1 Å². The second-order valence-electron chi connectivity index (χ2n) is 7.63. The van der Waals surface area contributed by atoms with E-state index >= 15 is 0 Å². The molecule has 2 heterocycles. The molecule has 0 aromatic heterocycles. The molecule has 0 radical (unpaired) electrons. The number of alkyl halides is 3. The Labute approximate surface area is 188 Å². The molecule has 0 aliphatic carbocycles. The van der Waals surface area contributed by atoms with E-state index in [0.717, 1.165) is 29.2 Å². The van der Waals surface area contributed by atoms with Gasteiger partial charge < -0.3 is 9.64 Å².